The first-order chi connectivity index (χ1) is 11.8. The molecule has 0 bridgehead atoms. The molecule has 1 unspecified atom stereocenters. The second kappa shape index (κ2) is 7.82. The first-order valence-corrected chi connectivity index (χ1v) is 10.3. The van der Waals surface area contributed by atoms with E-state index in [0.29, 0.717) is 6.04 Å². The van der Waals surface area contributed by atoms with Crippen LogP contribution >= 0.6 is 23.1 Å². The Morgan fingerprint density at radius 2 is 2.12 bits per heavy atom. The minimum Gasteiger partial charge on any atom is -0.375 e. The molecule has 0 radical (unpaired) electrons. The van der Waals surface area contributed by atoms with Gasteiger partial charge in [0.1, 0.15) is 0 Å². The van der Waals surface area contributed by atoms with E-state index >= 15 is 0 Å². The van der Waals surface area contributed by atoms with Crippen LogP contribution in [0.5, 0.6) is 0 Å². The van der Waals surface area contributed by atoms with E-state index in [0.717, 1.165) is 41.5 Å². The minimum absolute atomic E-state index is 0.260. The first-order valence-electron chi connectivity index (χ1n) is 8.46. The van der Waals surface area contributed by atoms with Crippen molar-refractivity contribution in [1.29, 1.82) is 0 Å². The van der Waals surface area contributed by atoms with Crippen molar-refractivity contribution in [3.05, 3.63) is 35.9 Å². The lowest BCUT2D eigenvalue weighted by Crippen LogP contribution is -2.43. The van der Waals surface area contributed by atoms with Crippen LogP contribution in [-0.4, -0.2) is 52.7 Å². The monoisotopic (exact) mass is 362 g/mol. The predicted octanol–water partition coefficient (Wildman–Crippen LogP) is 3.11. The van der Waals surface area contributed by atoms with Crippen molar-refractivity contribution >= 4 is 28.2 Å². The number of aromatic nitrogens is 2. The quantitative estimate of drug-likeness (QED) is 0.764. The fraction of sp³-hybridized carbons (Fsp3) is 0.529. The summed E-state index contributed by atoms with van der Waals surface area (Å²) in [7, 11) is 0. The maximum atomic E-state index is 5.93. The van der Waals surface area contributed by atoms with Gasteiger partial charge in [0.2, 0.25) is 5.13 Å². The number of benzene rings is 1. The standard InChI is InChI=1S/C17H22N4OS2/c1-2-4-13(5-3-1)10-21-8-9-22-15(11-21)12-23-17-20-19-16(24-17)18-14-6-7-14/h1-5,14-15H,6-12H2,(H,18,19). The molecule has 24 heavy (non-hydrogen) atoms. The Morgan fingerprint density at radius 3 is 2.96 bits per heavy atom. The molecule has 1 aromatic carbocycles. The molecule has 2 fully saturated rings. The largest absolute Gasteiger partial charge is 0.375 e. The van der Waals surface area contributed by atoms with Crippen LogP contribution in [0, 0.1) is 0 Å². The van der Waals surface area contributed by atoms with Gasteiger partial charge in [0, 0.05) is 31.4 Å². The van der Waals surface area contributed by atoms with Gasteiger partial charge in [-0.2, -0.15) is 0 Å². The molecule has 1 atom stereocenters. The molecule has 1 aromatic heterocycles. The third-order valence-corrected chi connectivity index (χ3v) is 6.30. The molecule has 1 aliphatic heterocycles. The smallest absolute Gasteiger partial charge is 0.206 e. The lowest BCUT2D eigenvalue weighted by molar-refractivity contribution is -0.0187. The number of morpholine rings is 1. The van der Waals surface area contributed by atoms with E-state index in [9.17, 15) is 0 Å². The average molecular weight is 363 g/mol. The number of hydrogen-bond acceptors (Lipinski definition) is 7. The Hall–Kier alpha value is -1.15. The summed E-state index contributed by atoms with van der Waals surface area (Å²) in [6, 6.07) is 11.3. The third kappa shape index (κ3) is 4.69. The predicted molar refractivity (Wildman–Crippen MR) is 98.7 cm³/mol. The van der Waals surface area contributed by atoms with Gasteiger partial charge in [0.15, 0.2) is 4.34 Å². The number of nitrogens with one attached hydrogen (secondary N) is 1. The van der Waals surface area contributed by atoms with Crippen LogP contribution < -0.4 is 5.32 Å². The van der Waals surface area contributed by atoms with Crippen LogP contribution in [0.15, 0.2) is 34.7 Å². The number of thioether (sulfide) groups is 1. The van der Waals surface area contributed by atoms with Crippen LogP contribution in [0.4, 0.5) is 5.13 Å². The second-order valence-corrected chi connectivity index (χ2v) is 8.56. The first kappa shape index (κ1) is 16.3. The van der Waals surface area contributed by atoms with Gasteiger partial charge in [-0.1, -0.05) is 53.4 Å². The molecule has 2 aliphatic rings. The lowest BCUT2D eigenvalue weighted by atomic mass is 10.2. The molecule has 4 rings (SSSR count). The molecule has 1 N–H and O–H groups in total. The van der Waals surface area contributed by atoms with Crippen molar-refractivity contribution in [2.75, 3.05) is 30.8 Å². The maximum Gasteiger partial charge on any atom is 0.206 e. The molecule has 1 aliphatic carbocycles. The Balaban J connectivity index is 1.24. The summed E-state index contributed by atoms with van der Waals surface area (Å²) in [4.78, 5) is 2.48. The van der Waals surface area contributed by atoms with Crippen LogP contribution in [0.1, 0.15) is 18.4 Å². The van der Waals surface area contributed by atoms with E-state index in [2.05, 4.69) is 50.7 Å². The van der Waals surface area contributed by atoms with Gasteiger partial charge in [-0.25, -0.2) is 0 Å². The maximum absolute atomic E-state index is 5.93. The Labute approximate surface area is 150 Å². The van der Waals surface area contributed by atoms with Crippen molar-refractivity contribution in [1.82, 2.24) is 15.1 Å². The van der Waals surface area contributed by atoms with Crippen molar-refractivity contribution in [2.24, 2.45) is 0 Å². The van der Waals surface area contributed by atoms with Gasteiger partial charge in [-0.15, -0.1) is 10.2 Å². The Morgan fingerprint density at radius 1 is 1.25 bits per heavy atom. The molecular weight excluding hydrogens is 340 g/mol. The molecule has 0 amide bonds. The van der Waals surface area contributed by atoms with Crippen molar-refractivity contribution in [2.45, 2.75) is 35.9 Å². The van der Waals surface area contributed by atoms with E-state index in [1.54, 1.807) is 23.1 Å². The topological polar surface area (TPSA) is 50.3 Å². The molecule has 2 aromatic rings. The van der Waals surface area contributed by atoms with Crippen LogP contribution in [0.2, 0.25) is 0 Å². The number of rotatable bonds is 7. The average Bonchev–Trinajstić information content (AvgIpc) is 3.31. The highest BCUT2D eigenvalue weighted by Crippen LogP contribution is 2.31. The van der Waals surface area contributed by atoms with Gasteiger partial charge >= 0.3 is 0 Å². The molecule has 7 heteroatoms. The van der Waals surface area contributed by atoms with Gasteiger partial charge in [0.05, 0.1) is 12.7 Å². The number of anilines is 1. The minimum atomic E-state index is 0.260. The van der Waals surface area contributed by atoms with Gasteiger partial charge in [-0.3, -0.25) is 4.90 Å². The fourth-order valence-corrected chi connectivity index (χ4v) is 4.62. The molecule has 1 saturated carbocycles. The van der Waals surface area contributed by atoms with Crippen LogP contribution in [0.25, 0.3) is 0 Å². The normalized spacial score (nSPS) is 21.8. The SMILES string of the molecule is c1ccc(CN2CCOC(CSc3nnc(NC4CC4)s3)C2)cc1. The lowest BCUT2D eigenvalue weighted by Gasteiger charge is -2.32. The van der Waals surface area contributed by atoms with E-state index in [-0.39, 0.29) is 6.10 Å². The van der Waals surface area contributed by atoms with Gasteiger partial charge < -0.3 is 10.1 Å². The van der Waals surface area contributed by atoms with Crippen molar-refractivity contribution in [3.8, 4) is 0 Å². The summed E-state index contributed by atoms with van der Waals surface area (Å²) < 4.78 is 6.96. The molecule has 2 heterocycles. The van der Waals surface area contributed by atoms with Crippen molar-refractivity contribution in [3.63, 3.8) is 0 Å². The Kier molecular flexibility index (Phi) is 5.32. The fourth-order valence-electron chi connectivity index (χ4n) is 2.76. The summed E-state index contributed by atoms with van der Waals surface area (Å²) in [6.45, 7) is 3.79. The van der Waals surface area contributed by atoms with Crippen LogP contribution in [0.3, 0.4) is 0 Å². The molecule has 0 spiro atoms. The highest BCUT2D eigenvalue weighted by molar-refractivity contribution is 8.01. The van der Waals surface area contributed by atoms with Gasteiger partial charge in [0.25, 0.3) is 0 Å². The molecular formula is C17H22N4OS2. The van der Waals surface area contributed by atoms with Crippen molar-refractivity contribution < 1.29 is 4.74 Å². The summed E-state index contributed by atoms with van der Waals surface area (Å²) in [6.07, 6.45) is 2.78. The zero-order valence-electron chi connectivity index (χ0n) is 13.6. The van der Waals surface area contributed by atoms with E-state index in [1.165, 1.54) is 18.4 Å². The van der Waals surface area contributed by atoms with E-state index < -0.39 is 0 Å². The Bertz CT molecular complexity index is 647. The molecule has 5 nitrogen and oxygen atoms in total. The second-order valence-electron chi connectivity index (χ2n) is 6.32. The zero-order chi connectivity index (χ0) is 16.2. The van der Waals surface area contributed by atoms with Crippen LogP contribution in [-0.2, 0) is 11.3 Å². The summed E-state index contributed by atoms with van der Waals surface area (Å²) in [5, 5.41) is 12.8. The highest BCUT2D eigenvalue weighted by atomic mass is 32.2. The van der Waals surface area contributed by atoms with Gasteiger partial charge in [-0.05, 0) is 18.4 Å². The number of hydrogen-bond donors (Lipinski definition) is 1. The summed E-state index contributed by atoms with van der Waals surface area (Å²) in [5.41, 5.74) is 1.37. The molecule has 1 saturated heterocycles. The summed E-state index contributed by atoms with van der Waals surface area (Å²) in [5.74, 6) is 0.934. The number of ether oxygens (including phenoxy) is 1. The molecule has 128 valence electrons. The number of nitrogens with zero attached hydrogens (tertiary/aromatic N) is 3. The highest BCUT2D eigenvalue weighted by Gasteiger charge is 2.23. The van der Waals surface area contributed by atoms with E-state index in [1.807, 2.05) is 0 Å². The summed E-state index contributed by atoms with van der Waals surface area (Å²) >= 11 is 3.41. The zero-order valence-corrected chi connectivity index (χ0v) is 15.2. The van der Waals surface area contributed by atoms with E-state index in [4.69, 9.17) is 4.74 Å². The third-order valence-electron chi connectivity index (χ3n) is 4.18.